The quantitative estimate of drug-likeness (QED) is 0.493. The van der Waals surface area contributed by atoms with Gasteiger partial charge in [0.25, 0.3) is 6.54 Å². The molecule has 0 spiro atoms. The summed E-state index contributed by atoms with van der Waals surface area (Å²) in [6.07, 6.45) is 0. The number of primary amides is 1. The normalized spacial score (nSPS) is 11.8. The van der Waals surface area contributed by atoms with Gasteiger partial charge in [-0.3, -0.25) is 19.7 Å². The SMILES string of the molecule is Cc1ccccc1C(C(N)=O)c1ccc(Cl)cc1C(=O)C[N+](=O)[O-]. The first-order chi connectivity index (χ1) is 11.3. The fraction of sp³-hybridized carbons (Fsp3) is 0.176. The number of aryl methyl sites for hydroxylation is 1. The summed E-state index contributed by atoms with van der Waals surface area (Å²) in [6, 6.07) is 11.5. The van der Waals surface area contributed by atoms with Crippen molar-refractivity contribution in [1.82, 2.24) is 0 Å². The van der Waals surface area contributed by atoms with E-state index in [0.717, 1.165) is 5.56 Å². The van der Waals surface area contributed by atoms with Crippen LogP contribution in [0.5, 0.6) is 0 Å². The molecule has 2 aromatic carbocycles. The number of rotatable bonds is 6. The van der Waals surface area contributed by atoms with Crippen molar-refractivity contribution < 1.29 is 14.5 Å². The Morgan fingerprint density at radius 2 is 1.88 bits per heavy atom. The molecule has 2 rings (SSSR count). The molecular weight excluding hydrogens is 332 g/mol. The second kappa shape index (κ2) is 7.23. The van der Waals surface area contributed by atoms with Crippen molar-refractivity contribution in [1.29, 1.82) is 0 Å². The van der Waals surface area contributed by atoms with Gasteiger partial charge in [0.2, 0.25) is 11.7 Å². The van der Waals surface area contributed by atoms with Gasteiger partial charge in [0.05, 0.1) is 5.92 Å². The van der Waals surface area contributed by atoms with Crippen molar-refractivity contribution in [3.8, 4) is 0 Å². The lowest BCUT2D eigenvalue weighted by Crippen LogP contribution is -2.26. The molecule has 0 aromatic heterocycles. The van der Waals surface area contributed by atoms with E-state index in [9.17, 15) is 19.7 Å². The first kappa shape index (κ1) is 17.6. The van der Waals surface area contributed by atoms with E-state index >= 15 is 0 Å². The number of benzene rings is 2. The Morgan fingerprint density at radius 1 is 1.21 bits per heavy atom. The lowest BCUT2D eigenvalue weighted by Gasteiger charge is -2.19. The van der Waals surface area contributed by atoms with E-state index in [1.165, 1.54) is 18.2 Å². The molecule has 1 atom stereocenters. The lowest BCUT2D eigenvalue weighted by atomic mass is 9.84. The molecule has 6 nitrogen and oxygen atoms in total. The summed E-state index contributed by atoms with van der Waals surface area (Å²) >= 11 is 5.92. The average Bonchev–Trinajstić information content (AvgIpc) is 2.49. The first-order valence-electron chi connectivity index (χ1n) is 7.10. The number of carbonyl (C=O) groups is 2. The molecule has 2 N–H and O–H groups in total. The van der Waals surface area contributed by atoms with Crippen LogP contribution in [0, 0.1) is 17.0 Å². The van der Waals surface area contributed by atoms with Crippen LogP contribution in [0.15, 0.2) is 42.5 Å². The van der Waals surface area contributed by atoms with Gasteiger partial charge in [-0.25, -0.2) is 0 Å². The van der Waals surface area contributed by atoms with Crippen molar-refractivity contribution in [2.24, 2.45) is 5.73 Å². The maximum Gasteiger partial charge on any atom is 0.265 e. The van der Waals surface area contributed by atoms with Crippen LogP contribution < -0.4 is 5.73 Å². The minimum atomic E-state index is -0.894. The zero-order chi connectivity index (χ0) is 17.9. The number of carbonyl (C=O) groups excluding carboxylic acids is 2. The number of ketones is 1. The van der Waals surface area contributed by atoms with Gasteiger partial charge in [-0.15, -0.1) is 0 Å². The molecule has 0 bridgehead atoms. The number of amides is 1. The molecule has 0 saturated carbocycles. The molecule has 0 saturated heterocycles. The van der Waals surface area contributed by atoms with Gasteiger partial charge in [0.15, 0.2) is 0 Å². The predicted molar refractivity (Wildman–Crippen MR) is 89.9 cm³/mol. The molecule has 124 valence electrons. The molecule has 0 radical (unpaired) electrons. The average molecular weight is 347 g/mol. The van der Waals surface area contributed by atoms with Gasteiger partial charge < -0.3 is 5.73 Å². The second-order valence-electron chi connectivity index (χ2n) is 5.34. The molecule has 24 heavy (non-hydrogen) atoms. The highest BCUT2D eigenvalue weighted by molar-refractivity contribution is 6.31. The Hall–Kier alpha value is -2.73. The molecule has 1 amide bonds. The molecule has 0 heterocycles. The minimum absolute atomic E-state index is 0.0336. The maximum absolute atomic E-state index is 12.2. The summed E-state index contributed by atoms with van der Waals surface area (Å²) < 4.78 is 0. The number of halogens is 1. The Labute approximate surface area is 143 Å². The Bertz CT molecular complexity index is 820. The number of hydrogen-bond acceptors (Lipinski definition) is 4. The zero-order valence-electron chi connectivity index (χ0n) is 12.9. The largest absolute Gasteiger partial charge is 0.369 e. The van der Waals surface area contributed by atoms with Crippen molar-refractivity contribution in [3.05, 3.63) is 79.9 Å². The Kier molecular flexibility index (Phi) is 5.31. The third-order valence-electron chi connectivity index (χ3n) is 3.68. The van der Waals surface area contributed by atoms with Crippen LogP contribution in [0.2, 0.25) is 5.02 Å². The van der Waals surface area contributed by atoms with Crippen LogP contribution in [0.1, 0.15) is 33.0 Å². The Balaban J connectivity index is 2.63. The summed E-state index contributed by atoms with van der Waals surface area (Å²) in [7, 11) is 0. The standard InChI is InChI=1S/C17H15ClN2O4/c1-10-4-2-3-5-12(10)16(17(19)22)13-7-6-11(18)8-14(13)15(21)9-20(23)24/h2-8,16H,9H2,1H3,(H2,19,22). The number of nitrogens with two attached hydrogens (primary N) is 1. The molecule has 0 fully saturated rings. The summed E-state index contributed by atoms with van der Waals surface area (Å²) in [5.41, 5.74) is 7.37. The van der Waals surface area contributed by atoms with Crippen molar-refractivity contribution in [2.75, 3.05) is 6.54 Å². The monoisotopic (exact) mass is 346 g/mol. The summed E-state index contributed by atoms with van der Waals surface area (Å²) in [5, 5.41) is 10.9. The van der Waals surface area contributed by atoms with Crippen LogP contribution in [0.25, 0.3) is 0 Å². The van der Waals surface area contributed by atoms with E-state index in [2.05, 4.69) is 0 Å². The number of nitro groups is 1. The molecule has 0 aliphatic rings. The van der Waals surface area contributed by atoms with Gasteiger partial charge in [0.1, 0.15) is 0 Å². The third-order valence-corrected chi connectivity index (χ3v) is 3.92. The topological polar surface area (TPSA) is 103 Å². The second-order valence-corrected chi connectivity index (χ2v) is 5.77. The lowest BCUT2D eigenvalue weighted by molar-refractivity contribution is -0.465. The van der Waals surface area contributed by atoms with E-state index in [4.69, 9.17) is 17.3 Å². The molecular formula is C17H15ClN2O4. The summed E-state index contributed by atoms with van der Waals surface area (Å²) in [6.45, 7) is 0.937. The van der Waals surface area contributed by atoms with Crippen molar-refractivity contribution in [2.45, 2.75) is 12.8 Å². The smallest absolute Gasteiger partial charge is 0.265 e. The minimum Gasteiger partial charge on any atom is -0.369 e. The van der Waals surface area contributed by atoms with E-state index in [1.54, 1.807) is 12.1 Å². The number of hydrogen-bond donors (Lipinski definition) is 1. The highest BCUT2D eigenvalue weighted by Crippen LogP contribution is 2.31. The van der Waals surface area contributed by atoms with Crippen LogP contribution in [0.3, 0.4) is 0 Å². The molecule has 7 heteroatoms. The van der Waals surface area contributed by atoms with E-state index in [-0.39, 0.29) is 10.6 Å². The van der Waals surface area contributed by atoms with E-state index in [1.807, 2.05) is 19.1 Å². The van der Waals surface area contributed by atoms with Gasteiger partial charge >= 0.3 is 0 Å². The van der Waals surface area contributed by atoms with E-state index < -0.39 is 29.1 Å². The number of Topliss-reactive ketones (excluding diaryl/α,β-unsaturated/α-hetero) is 1. The van der Waals surface area contributed by atoms with Crippen LogP contribution in [0.4, 0.5) is 0 Å². The summed E-state index contributed by atoms with van der Waals surface area (Å²) in [5.74, 6) is -2.27. The van der Waals surface area contributed by atoms with Gasteiger partial charge in [-0.1, -0.05) is 41.9 Å². The maximum atomic E-state index is 12.2. The molecule has 0 aliphatic heterocycles. The van der Waals surface area contributed by atoms with Gasteiger partial charge in [-0.05, 0) is 35.7 Å². The molecule has 1 unspecified atom stereocenters. The van der Waals surface area contributed by atoms with Crippen LogP contribution in [-0.2, 0) is 4.79 Å². The van der Waals surface area contributed by atoms with E-state index in [0.29, 0.717) is 11.1 Å². The Morgan fingerprint density at radius 3 is 2.46 bits per heavy atom. The summed E-state index contributed by atoms with van der Waals surface area (Å²) in [4.78, 5) is 34.2. The van der Waals surface area contributed by atoms with Crippen LogP contribution in [-0.4, -0.2) is 23.2 Å². The van der Waals surface area contributed by atoms with Gasteiger partial charge in [-0.2, -0.15) is 0 Å². The molecule has 2 aromatic rings. The van der Waals surface area contributed by atoms with Crippen molar-refractivity contribution >= 4 is 23.3 Å². The highest BCUT2D eigenvalue weighted by Gasteiger charge is 2.28. The molecule has 0 aliphatic carbocycles. The highest BCUT2D eigenvalue weighted by atomic mass is 35.5. The third kappa shape index (κ3) is 3.78. The predicted octanol–water partition coefficient (Wildman–Crippen LogP) is 2.73. The fourth-order valence-electron chi connectivity index (χ4n) is 2.61. The fourth-order valence-corrected chi connectivity index (χ4v) is 2.78. The first-order valence-corrected chi connectivity index (χ1v) is 7.48. The van der Waals surface area contributed by atoms with Crippen molar-refractivity contribution in [3.63, 3.8) is 0 Å². The zero-order valence-corrected chi connectivity index (χ0v) is 13.6. The van der Waals surface area contributed by atoms with Crippen LogP contribution >= 0.6 is 11.6 Å². The number of nitrogens with zero attached hydrogens (tertiary/aromatic N) is 1. The van der Waals surface area contributed by atoms with Gasteiger partial charge in [0, 0.05) is 15.5 Å².